The van der Waals surface area contributed by atoms with Crippen molar-refractivity contribution < 1.29 is 13.2 Å². The lowest BCUT2D eigenvalue weighted by atomic mass is 10.2. The number of sulfonamides is 1. The third kappa shape index (κ3) is 3.96. The molecule has 1 unspecified atom stereocenters. The minimum atomic E-state index is -3.64. The number of amides is 1. The van der Waals surface area contributed by atoms with E-state index in [4.69, 9.17) is 0 Å². The Morgan fingerprint density at radius 1 is 1.31 bits per heavy atom. The second-order valence-electron chi connectivity index (χ2n) is 6.79. The van der Waals surface area contributed by atoms with Crippen molar-refractivity contribution in [2.45, 2.75) is 36.6 Å². The van der Waals surface area contributed by atoms with Crippen molar-refractivity contribution in [3.63, 3.8) is 0 Å². The van der Waals surface area contributed by atoms with Crippen LogP contribution in [0.5, 0.6) is 0 Å². The number of carbonyl (C=O) groups is 1. The first-order valence-corrected chi connectivity index (χ1v) is 11.6. The summed E-state index contributed by atoms with van der Waals surface area (Å²) in [6, 6.07) is 6.30. The topological polar surface area (TPSA) is 97.2 Å². The highest BCUT2D eigenvalue weighted by molar-refractivity contribution is 7.91. The molecule has 0 bridgehead atoms. The third-order valence-electron chi connectivity index (χ3n) is 4.91. The Hall–Kier alpha value is -2.56. The van der Waals surface area contributed by atoms with E-state index in [0.717, 1.165) is 17.2 Å². The zero-order chi connectivity index (χ0) is 20.4. The largest absolute Gasteiger partial charge is 0.351 e. The van der Waals surface area contributed by atoms with Crippen molar-refractivity contribution in [3.05, 3.63) is 59.6 Å². The lowest BCUT2D eigenvalue weighted by Gasteiger charge is -2.22. The molecule has 1 amide bonds. The van der Waals surface area contributed by atoms with Crippen LogP contribution in [0.3, 0.4) is 0 Å². The van der Waals surface area contributed by atoms with Gasteiger partial charge in [0.25, 0.3) is 10.0 Å². The number of aryl methyl sites for hydroxylation is 1. The molecule has 0 radical (unpaired) electrons. The number of nitrogens with zero attached hydrogens (tertiary/aromatic N) is 4. The summed E-state index contributed by atoms with van der Waals surface area (Å²) in [7, 11) is -3.64. The fourth-order valence-electron chi connectivity index (χ4n) is 3.45. The first-order chi connectivity index (χ1) is 14.0. The Morgan fingerprint density at radius 3 is 2.90 bits per heavy atom. The second-order valence-corrected chi connectivity index (χ2v) is 9.86. The van der Waals surface area contributed by atoms with Gasteiger partial charge in [-0.15, -0.1) is 11.3 Å². The first kappa shape index (κ1) is 19.7. The van der Waals surface area contributed by atoms with Gasteiger partial charge in [0.2, 0.25) is 5.91 Å². The molecule has 29 heavy (non-hydrogen) atoms. The Kier molecular flexibility index (Phi) is 5.48. The number of aromatic nitrogens is 3. The lowest BCUT2D eigenvalue weighted by molar-refractivity contribution is -0.124. The molecule has 152 valence electrons. The highest BCUT2D eigenvalue weighted by Gasteiger charge is 2.39. The van der Waals surface area contributed by atoms with Crippen molar-refractivity contribution in [1.29, 1.82) is 0 Å². The molecule has 0 aromatic carbocycles. The van der Waals surface area contributed by atoms with Gasteiger partial charge in [-0.05, 0) is 48.9 Å². The van der Waals surface area contributed by atoms with Gasteiger partial charge in [-0.3, -0.25) is 9.36 Å². The number of nitrogens with one attached hydrogen (secondary N) is 1. The molecule has 3 aromatic rings. The van der Waals surface area contributed by atoms with Gasteiger partial charge in [-0.25, -0.2) is 18.4 Å². The van der Waals surface area contributed by atoms with E-state index in [1.165, 1.54) is 15.6 Å². The molecule has 0 spiro atoms. The zero-order valence-electron chi connectivity index (χ0n) is 15.9. The van der Waals surface area contributed by atoms with Crippen LogP contribution in [0.15, 0.2) is 52.4 Å². The average Bonchev–Trinajstić information content (AvgIpc) is 3.47. The van der Waals surface area contributed by atoms with E-state index < -0.39 is 16.1 Å². The molecular weight excluding hydrogens is 410 g/mol. The van der Waals surface area contributed by atoms with E-state index in [-0.39, 0.29) is 10.1 Å². The summed E-state index contributed by atoms with van der Waals surface area (Å²) in [6.07, 6.45) is 6.40. The quantitative estimate of drug-likeness (QED) is 0.645. The van der Waals surface area contributed by atoms with E-state index >= 15 is 0 Å². The number of hydrogen-bond donors (Lipinski definition) is 1. The Balaban J connectivity index is 1.45. The summed E-state index contributed by atoms with van der Waals surface area (Å²) in [4.78, 5) is 21.3. The molecule has 8 nitrogen and oxygen atoms in total. The van der Waals surface area contributed by atoms with Crippen LogP contribution in [0.25, 0.3) is 5.82 Å². The molecule has 1 fully saturated rings. The molecular formula is C19H21N5O3S2. The van der Waals surface area contributed by atoms with Gasteiger partial charge in [0.15, 0.2) is 0 Å². The van der Waals surface area contributed by atoms with Crippen LogP contribution in [0.2, 0.25) is 0 Å². The van der Waals surface area contributed by atoms with Crippen LogP contribution in [0.4, 0.5) is 0 Å². The lowest BCUT2D eigenvalue weighted by Crippen LogP contribution is -2.45. The number of imidazole rings is 1. The van der Waals surface area contributed by atoms with Crippen molar-refractivity contribution >= 4 is 27.3 Å². The maximum atomic E-state index is 12.8. The summed E-state index contributed by atoms with van der Waals surface area (Å²) >= 11 is 1.17. The number of pyridine rings is 1. The minimum absolute atomic E-state index is 0.270. The smallest absolute Gasteiger partial charge is 0.253 e. The maximum absolute atomic E-state index is 12.8. The molecule has 0 saturated carbocycles. The van der Waals surface area contributed by atoms with Gasteiger partial charge in [0.05, 0.1) is 0 Å². The Bertz CT molecular complexity index is 1110. The van der Waals surface area contributed by atoms with Crippen LogP contribution < -0.4 is 5.32 Å². The molecule has 1 aliphatic rings. The zero-order valence-corrected chi connectivity index (χ0v) is 17.5. The van der Waals surface area contributed by atoms with Crippen molar-refractivity contribution in [3.8, 4) is 5.82 Å². The van der Waals surface area contributed by atoms with Gasteiger partial charge in [0.1, 0.15) is 21.9 Å². The van der Waals surface area contributed by atoms with Gasteiger partial charge >= 0.3 is 0 Å². The highest BCUT2D eigenvalue weighted by Crippen LogP contribution is 2.28. The minimum Gasteiger partial charge on any atom is -0.351 e. The van der Waals surface area contributed by atoms with Crippen LogP contribution in [-0.2, 0) is 21.4 Å². The molecule has 0 aliphatic carbocycles. The van der Waals surface area contributed by atoms with Crippen molar-refractivity contribution in [1.82, 2.24) is 24.2 Å². The van der Waals surface area contributed by atoms with Gasteiger partial charge < -0.3 is 5.32 Å². The number of thiophene rings is 1. The average molecular weight is 432 g/mol. The fourth-order valence-corrected chi connectivity index (χ4v) is 6.22. The van der Waals surface area contributed by atoms with E-state index in [2.05, 4.69) is 15.3 Å². The standard InChI is InChI=1S/C19H21N5O3S2/c1-14-20-8-10-23(14)17-12-15(6-7-21-17)13-22-19(25)16-4-2-9-24(16)29(26,27)18-5-3-11-28-18/h3,5-8,10-12,16H,2,4,9,13H2,1H3,(H,22,25). The molecule has 4 heterocycles. The van der Waals surface area contributed by atoms with Gasteiger partial charge in [-0.2, -0.15) is 4.31 Å². The highest BCUT2D eigenvalue weighted by atomic mass is 32.2. The SMILES string of the molecule is Cc1nccn1-c1cc(CNC(=O)C2CCCN2S(=O)(=O)c2cccs2)ccn1. The molecule has 10 heteroatoms. The predicted octanol–water partition coefficient (Wildman–Crippen LogP) is 2.11. The Labute approximate surface area is 173 Å². The molecule has 1 aliphatic heterocycles. The van der Waals surface area contributed by atoms with Crippen LogP contribution in [0.1, 0.15) is 24.2 Å². The van der Waals surface area contributed by atoms with E-state index in [1.807, 2.05) is 29.8 Å². The first-order valence-electron chi connectivity index (χ1n) is 9.25. The summed E-state index contributed by atoms with van der Waals surface area (Å²) < 4.78 is 29.1. The number of hydrogen-bond acceptors (Lipinski definition) is 6. The summed E-state index contributed by atoms with van der Waals surface area (Å²) in [5, 5.41) is 4.60. The molecule has 4 rings (SSSR count). The normalized spacial score (nSPS) is 17.5. The molecule has 1 saturated heterocycles. The monoisotopic (exact) mass is 431 g/mol. The fraction of sp³-hybridized carbons (Fsp3) is 0.316. The maximum Gasteiger partial charge on any atom is 0.253 e. The van der Waals surface area contributed by atoms with Crippen molar-refractivity contribution in [2.24, 2.45) is 0 Å². The van der Waals surface area contributed by atoms with Gasteiger partial charge in [0, 0.05) is 31.7 Å². The van der Waals surface area contributed by atoms with Crippen LogP contribution in [-0.4, -0.2) is 45.8 Å². The van der Waals surface area contributed by atoms with Crippen molar-refractivity contribution in [2.75, 3.05) is 6.54 Å². The predicted molar refractivity (Wildman–Crippen MR) is 109 cm³/mol. The third-order valence-corrected chi connectivity index (χ3v) is 8.19. The van der Waals surface area contributed by atoms with Crippen LogP contribution >= 0.6 is 11.3 Å². The second kappa shape index (κ2) is 8.05. The van der Waals surface area contributed by atoms with E-state index in [1.54, 1.807) is 29.9 Å². The van der Waals surface area contributed by atoms with E-state index in [9.17, 15) is 13.2 Å². The summed E-state index contributed by atoms with van der Waals surface area (Å²) in [5.41, 5.74) is 0.877. The number of carbonyl (C=O) groups excluding carboxylic acids is 1. The number of rotatable bonds is 6. The molecule has 3 aromatic heterocycles. The van der Waals surface area contributed by atoms with E-state index in [0.29, 0.717) is 25.9 Å². The molecule has 1 atom stereocenters. The summed E-state index contributed by atoms with van der Waals surface area (Å²) in [6.45, 7) is 2.54. The summed E-state index contributed by atoms with van der Waals surface area (Å²) in [5.74, 6) is 1.26. The van der Waals surface area contributed by atoms with Crippen LogP contribution in [0, 0.1) is 6.92 Å². The Morgan fingerprint density at radius 2 is 2.17 bits per heavy atom. The van der Waals surface area contributed by atoms with Gasteiger partial charge in [-0.1, -0.05) is 6.07 Å². The molecule has 1 N–H and O–H groups in total.